The molecule has 2 N–H and O–H groups in total. The number of nitro benzene ring substituents is 2. The molecule has 0 aromatic heterocycles. The third-order valence-corrected chi connectivity index (χ3v) is 3.59. The number of esters is 1. The standard InChI is InChI=1S/C14H14N4O8/c1-26-14(21)9-7-16(4-5-19)13(20)12(9)15-8-2-3-10(17(22)23)11(6-8)18(24)25/h2-3,6,15,19H,4-5,7H2,1H3. The van der Waals surface area contributed by atoms with Gasteiger partial charge in [0.25, 0.3) is 5.91 Å². The zero-order valence-electron chi connectivity index (χ0n) is 13.5. The van der Waals surface area contributed by atoms with E-state index < -0.39 is 33.1 Å². The van der Waals surface area contributed by atoms with E-state index in [0.717, 1.165) is 19.2 Å². The summed E-state index contributed by atoms with van der Waals surface area (Å²) in [5.41, 5.74) is -1.65. The molecule has 1 aliphatic heterocycles. The van der Waals surface area contributed by atoms with Gasteiger partial charge in [-0.3, -0.25) is 25.0 Å². The minimum absolute atomic E-state index is 0.0119. The van der Waals surface area contributed by atoms with E-state index in [9.17, 15) is 29.8 Å². The number of β-amino-alcohol motifs (C(OH)–C–C–N with tert-alkyl or cyclic N) is 1. The third kappa shape index (κ3) is 3.59. The molecule has 0 saturated carbocycles. The lowest BCUT2D eigenvalue weighted by Gasteiger charge is -2.14. The number of hydrogen-bond donors (Lipinski definition) is 2. The van der Waals surface area contributed by atoms with Crippen molar-refractivity contribution in [3.05, 3.63) is 49.7 Å². The number of ether oxygens (including phenoxy) is 1. The number of hydrogen-bond acceptors (Lipinski definition) is 9. The van der Waals surface area contributed by atoms with Crippen molar-refractivity contribution in [3.63, 3.8) is 0 Å². The maximum atomic E-state index is 12.4. The van der Waals surface area contributed by atoms with Gasteiger partial charge in [0.1, 0.15) is 5.70 Å². The quantitative estimate of drug-likeness (QED) is 0.389. The predicted octanol–water partition coefficient (Wildman–Crippen LogP) is 0.176. The SMILES string of the molecule is COC(=O)C1=C(Nc2ccc([N+](=O)[O-])c([N+](=O)[O-])c2)C(=O)N(CCO)C1. The highest BCUT2D eigenvalue weighted by Crippen LogP contribution is 2.31. The van der Waals surface area contributed by atoms with Gasteiger partial charge in [0, 0.05) is 24.4 Å². The number of aliphatic hydroxyl groups excluding tert-OH is 1. The summed E-state index contributed by atoms with van der Waals surface area (Å²) in [6.07, 6.45) is 0. The van der Waals surface area contributed by atoms with Crippen LogP contribution >= 0.6 is 0 Å². The number of nitro groups is 2. The fourth-order valence-electron chi connectivity index (χ4n) is 2.40. The molecule has 0 aliphatic carbocycles. The molecule has 26 heavy (non-hydrogen) atoms. The van der Waals surface area contributed by atoms with Crippen LogP contribution in [-0.2, 0) is 14.3 Å². The van der Waals surface area contributed by atoms with Gasteiger partial charge in [-0.05, 0) is 6.07 Å². The number of benzene rings is 1. The Morgan fingerprint density at radius 3 is 2.50 bits per heavy atom. The first-order valence-corrected chi connectivity index (χ1v) is 7.21. The summed E-state index contributed by atoms with van der Waals surface area (Å²) >= 11 is 0. The first kappa shape index (κ1) is 18.8. The summed E-state index contributed by atoms with van der Waals surface area (Å²) in [5.74, 6) is -1.39. The second-order valence-corrected chi connectivity index (χ2v) is 5.14. The zero-order valence-corrected chi connectivity index (χ0v) is 13.5. The van der Waals surface area contributed by atoms with E-state index in [1.807, 2.05) is 0 Å². The Morgan fingerprint density at radius 2 is 1.96 bits per heavy atom. The highest BCUT2D eigenvalue weighted by atomic mass is 16.6. The van der Waals surface area contributed by atoms with Crippen LogP contribution in [0.4, 0.5) is 17.1 Å². The number of aliphatic hydroxyl groups is 1. The maximum absolute atomic E-state index is 12.4. The Morgan fingerprint density at radius 1 is 1.31 bits per heavy atom. The highest BCUT2D eigenvalue weighted by Gasteiger charge is 2.35. The lowest BCUT2D eigenvalue weighted by Crippen LogP contribution is -2.31. The lowest BCUT2D eigenvalue weighted by atomic mass is 10.2. The monoisotopic (exact) mass is 366 g/mol. The molecule has 0 radical (unpaired) electrons. The summed E-state index contributed by atoms with van der Waals surface area (Å²) in [6.45, 7) is -0.454. The zero-order chi connectivity index (χ0) is 19.4. The normalized spacial score (nSPS) is 13.8. The molecule has 12 heteroatoms. The second kappa shape index (κ2) is 7.57. The van der Waals surface area contributed by atoms with Crippen LogP contribution in [0.5, 0.6) is 0 Å². The molecular formula is C14H14N4O8. The Hall–Kier alpha value is -3.54. The highest BCUT2D eigenvalue weighted by molar-refractivity contribution is 6.08. The molecule has 0 unspecified atom stereocenters. The van der Waals surface area contributed by atoms with Crippen LogP contribution in [0.2, 0.25) is 0 Å². The van der Waals surface area contributed by atoms with E-state index >= 15 is 0 Å². The van der Waals surface area contributed by atoms with Gasteiger partial charge in [0.05, 0.1) is 35.7 Å². The van der Waals surface area contributed by atoms with Crippen LogP contribution in [0.1, 0.15) is 0 Å². The number of amides is 1. The molecule has 1 aromatic carbocycles. The minimum Gasteiger partial charge on any atom is -0.466 e. The molecule has 0 spiro atoms. The topological polar surface area (TPSA) is 165 Å². The van der Waals surface area contributed by atoms with Gasteiger partial charge in [-0.25, -0.2) is 4.79 Å². The lowest BCUT2D eigenvalue weighted by molar-refractivity contribution is -0.422. The number of nitrogens with zero attached hydrogens (tertiary/aromatic N) is 3. The molecule has 0 fully saturated rings. The van der Waals surface area contributed by atoms with Crippen molar-refractivity contribution in [1.82, 2.24) is 4.90 Å². The van der Waals surface area contributed by atoms with Crippen LogP contribution < -0.4 is 5.32 Å². The fourth-order valence-corrected chi connectivity index (χ4v) is 2.40. The third-order valence-electron chi connectivity index (χ3n) is 3.59. The molecule has 138 valence electrons. The van der Waals surface area contributed by atoms with E-state index in [1.54, 1.807) is 0 Å². The van der Waals surface area contributed by atoms with Gasteiger partial charge in [-0.15, -0.1) is 0 Å². The number of carbonyl (C=O) groups excluding carboxylic acids is 2. The molecule has 0 atom stereocenters. The summed E-state index contributed by atoms with van der Waals surface area (Å²) in [4.78, 5) is 45.5. The molecular weight excluding hydrogens is 352 g/mol. The van der Waals surface area contributed by atoms with E-state index in [0.29, 0.717) is 0 Å². The molecule has 1 aliphatic rings. The van der Waals surface area contributed by atoms with Crippen molar-refractivity contribution < 1.29 is 29.3 Å². The molecule has 1 heterocycles. The number of methoxy groups -OCH3 is 1. The molecule has 0 saturated heterocycles. The molecule has 0 bridgehead atoms. The van der Waals surface area contributed by atoms with Crippen molar-refractivity contribution in [1.29, 1.82) is 0 Å². The van der Waals surface area contributed by atoms with Gasteiger partial charge in [-0.2, -0.15) is 0 Å². The molecule has 12 nitrogen and oxygen atoms in total. The summed E-state index contributed by atoms with van der Waals surface area (Å²) < 4.78 is 4.61. The van der Waals surface area contributed by atoms with E-state index in [2.05, 4.69) is 10.1 Å². The van der Waals surface area contributed by atoms with Crippen LogP contribution in [-0.4, -0.2) is 58.5 Å². The molecule has 1 amide bonds. The van der Waals surface area contributed by atoms with Gasteiger partial charge in [-0.1, -0.05) is 0 Å². The average molecular weight is 366 g/mol. The van der Waals surface area contributed by atoms with Crippen molar-refractivity contribution in [2.24, 2.45) is 0 Å². The number of carbonyl (C=O) groups is 2. The number of nitrogens with one attached hydrogen (secondary N) is 1. The summed E-state index contributed by atoms with van der Waals surface area (Å²) in [6, 6.07) is 2.99. The van der Waals surface area contributed by atoms with E-state index in [-0.39, 0.29) is 36.7 Å². The summed E-state index contributed by atoms with van der Waals surface area (Å²) in [5, 5.41) is 33.5. The van der Waals surface area contributed by atoms with E-state index in [1.165, 1.54) is 11.0 Å². The largest absolute Gasteiger partial charge is 0.466 e. The molecule has 1 aromatic rings. The smallest absolute Gasteiger partial charge is 0.348 e. The number of anilines is 1. The minimum atomic E-state index is -0.923. The first-order valence-electron chi connectivity index (χ1n) is 7.21. The van der Waals surface area contributed by atoms with Crippen molar-refractivity contribution in [3.8, 4) is 0 Å². The molecule has 2 rings (SSSR count). The first-order chi connectivity index (χ1) is 12.3. The van der Waals surface area contributed by atoms with E-state index in [4.69, 9.17) is 5.11 Å². The fraction of sp³-hybridized carbons (Fsp3) is 0.286. The predicted molar refractivity (Wildman–Crippen MR) is 86.1 cm³/mol. The van der Waals surface area contributed by atoms with Crippen molar-refractivity contribution >= 4 is 28.9 Å². The second-order valence-electron chi connectivity index (χ2n) is 5.14. The van der Waals surface area contributed by atoms with Crippen LogP contribution in [0.15, 0.2) is 29.5 Å². The van der Waals surface area contributed by atoms with Crippen LogP contribution in [0.3, 0.4) is 0 Å². The van der Waals surface area contributed by atoms with Crippen molar-refractivity contribution in [2.45, 2.75) is 0 Å². The van der Waals surface area contributed by atoms with Crippen LogP contribution in [0.25, 0.3) is 0 Å². The van der Waals surface area contributed by atoms with Gasteiger partial charge in [0.2, 0.25) is 0 Å². The maximum Gasteiger partial charge on any atom is 0.348 e. The average Bonchev–Trinajstić information content (AvgIpc) is 2.90. The van der Waals surface area contributed by atoms with Gasteiger partial charge < -0.3 is 20.1 Å². The van der Waals surface area contributed by atoms with Crippen LogP contribution in [0, 0.1) is 20.2 Å². The van der Waals surface area contributed by atoms with Crippen molar-refractivity contribution in [2.75, 3.05) is 32.1 Å². The Labute approximate surface area is 146 Å². The Balaban J connectivity index is 2.42. The Kier molecular flexibility index (Phi) is 5.47. The summed E-state index contributed by atoms with van der Waals surface area (Å²) in [7, 11) is 1.13. The Bertz CT molecular complexity index is 819. The number of rotatable bonds is 7. The van der Waals surface area contributed by atoms with Gasteiger partial charge in [0.15, 0.2) is 0 Å². The van der Waals surface area contributed by atoms with Gasteiger partial charge >= 0.3 is 17.3 Å².